The summed E-state index contributed by atoms with van der Waals surface area (Å²) in [5.74, 6) is -0.739. The quantitative estimate of drug-likeness (QED) is 0.461. The van der Waals surface area contributed by atoms with E-state index in [1.54, 1.807) is 18.2 Å². The number of halogens is 2. The Balaban J connectivity index is 2.39. The maximum absolute atomic E-state index is 13.2. The Bertz CT molecular complexity index is 775. The molecule has 4 heteroatoms. The van der Waals surface area contributed by atoms with E-state index in [2.05, 4.69) is 15.9 Å². The second kappa shape index (κ2) is 6.47. The van der Waals surface area contributed by atoms with Gasteiger partial charge in [-0.05, 0) is 52.7 Å². The van der Waals surface area contributed by atoms with E-state index >= 15 is 0 Å². The van der Waals surface area contributed by atoms with Crippen LogP contribution in [0.15, 0.2) is 52.5 Å². The molecule has 0 fully saturated rings. The molecule has 0 aliphatic heterocycles. The molecule has 0 amide bonds. The van der Waals surface area contributed by atoms with E-state index in [0.717, 1.165) is 5.56 Å². The molecule has 0 saturated heterocycles. The molecule has 0 bridgehead atoms. The molecule has 0 atom stereocenters. The summed E-state index contributed by atoms with van der Waals surface area (Å²) in [6.45, 7) is 1.88. The van der Waals surface area contributed by atoms with Gasteiger partial charge in [0.25, 0.3) is 0 Å². The van der Waals surface area contributed by atoms with Crippen molar-refractivity contribution in [2.75, 3.05) is 0 Å². The van der Waals surface area contributed by atoms with Crippen LogP contribution in [0.5, 0.6) is 0 Å². The van der Waals surface area contributed by atoms with Crippen LogP contribution in [0, 0.1) is 24.1 Å². The van der Waals surface area contributed by atoms with E-state index in [-0.39, 0.29) is 15.8 Å². The number of nitrogens with zero attached hydrogens (tertiary/aromatic N) is 1. The number of hydrogen-bond acceptors (Lipinski definition) is 2. The first-order chi connectivity index (χ1) is 10.0. The third kappa shape index (κ3) is 3.65. The van der Waals surface area contributed by atoms with Crippen molar-refractivity contribution in [2.24, 2.45) is 0 Å². The van der Waals surface area contributed by atoms with Crippen LogP contribution in [0.2, 0.25) is 0 Å². The first-order valence-corrected chi connectivity index (χ1v) is 6.99. The van der Waals surface area contributed by atoms with Gasteiger partial charge in [0, 0.05) is 5.56 Å². The van der Waals surface area contributed by atoms with Crippen LogP contribution in [-0.2, 0) is 0 Å². The van der Waals surface area contributed by atoms with Gasteiger partial charge in [0.15, 0.2) is 0 Å². The van der Waals surface area contributed by atoms with Crippen LogP contribution in [0.1, 0.15) is 21.5 Å². The molecule has 0 aromatic heterocycles. The van der Waals surface area contributed by atoms with Gasteiger partial charge in [-0.2, -0.15) is 5.26 Å². The summed E-state index contributed by atoms with van der Waals surface area (Å²) >= 11 is 3.08. The first-order valence-electron chi connectivity index (χ1n) is 6.19. The molecule has 0 aliphatic carbocycles. The summed E-state index contributed by atoms with van der Waals surface area (Å²) in [6, 6.07) is 13.3. The van der Waals surface area contributed by atoms with Crippen molar-refractivity contribution < 1.29 is 9.18 Å². The molecule has 104 valence electrons. The van der Waals surface area contributed by atoms with Gasteiger partial charge in [-0.25, -0.2) is 4.39 Å². The number of ketones is 1. The standard InChI is InChI=1S/C17H11BrFNO/c1-11-3-2-4-13(7-11)17(21)14(10-20)8-12-5-6-16(19)15(18)9-12/h2-9H,1H3/b14-8+. The number of allylic oxidation sites excluding steroid dienone is 1. The zero-order chi connectivity index (χ0) is 15.4. The van der Waals surface area contributed by atoms with Crippen molar-refractivity contribution in [2.45, 2.75) is 6.92 Å². The minimum Gasteiger partial charge on any atom is -0.288 e. The number of rotatable bonds is 3. The smallest absolute Gasteiger partial charge is 0.203 e. The van der Waals surface area contributed by atoms with Gasteiger partial charge in [-0.3, -0.25) is 4.79 Å². The van der Waals surface area contributed by atoms with Gasteiger partial charge in [-0.1, -0.05) is 29.8 Å². The Hall–Kier alpha value is -2.25. The highest BCUT2D eigenvalue weighted by molar-refractivity contribution is 9.10. The lowest BCUT2D eigenvalue weighted by Crippen LogP contribution is -2.02. The average Bonchev–Trinajstić information content (AvgIpc) is 2.47. The Morgan fingerprint density at radius 3 is 2.67 bits per heavy atom. The molecule has 0 heterocycles. The Morgan fingerprint density at radius 1 is 1.29 bits per heavy atom. The zero-order valence-corrected chi connectivity index (χ0v) is 12.8. The van der Waals surface area contributed by atoms with Crippen LogP contribution in [0.25, 0.3) is 6.08 Å². The number of benzene rings is 2. The van der Waals surface area contributed by atoms with Gasteiger partial charge < -0.3 is 0 Å². The van der Waals surface area contributed by atoms with E-state index < -0.39 is 5.82 Å². The average molecular weight is 344 g/mol. The highest BCUT2D eigenvalue weighted by atomic mass is 79.9. The second-order valence-electron chi connectivity index (χ2n) is 4.54. The van der Waals surface area contributed by atoms with E-state index in [0.29, 0.717) is 11.1 Å². The summed E-state index contributed by atoms with van der Waals surface area (Å²) in [5.41, 5.74) is 2.01. The number of carbonyl (C=O) groups is 1. The lowest BCUT2D eigenvalue weighted by atomic mass is 10.0. The Morgan fingerprint density at radius 2 is 2.05 bits per heavy atom. The lowest BCUT2D eigenvalue weighted by Gasteiger charge is -2.02. The molecular weight excluding hydrogens is 333 g/mol. The summed E-state index contributed by atoms with van der Waals surface area (Å²) in [4.78, 5) is 12.3. The van der Waals surface area contributed by atoms with Crippen molar-refractivity contribution in [3.63, 3.8) is 0 Å². The van der Waals surface area contributed by atoms with E-state index in [1.165, 1.54) is 24.3 Å². The predicted molar refractivity (Wildman–Crippen MR) is 83.2 cm³/mol. The summed E-state index contributed by atoms with van der Waals surface area (Å²) in [5, 5.41) is 9.19. The summed E-state index contributed by atoms with van der Waals surface area (Å²) in [6.07, 6.45) is 1.45. The molecule has 2 nitrogen and oxygen atoms in total. The molecule has 0 spiro atoms. The normalized spacial score (nSPS) is 11.0. The number of hydrogen-bond donors (Lipinski definition) is 0. The predicted octanol–water partition coefficient (Wildman–Crippen LogP) is 4.69. The third-order valence-electron chi connectivity index (χ3n) is 2.90. The lowest BCUT2D eigenvalue weighted by molar-refractivity contribution is 0.104. The van der Waals surface area contributed by atoms with Crippen molar-refractivity contribution >= 4 is 27.8 Å². The highest BCUT2D eigenvalue weighted by Crippen LogP contribution is 2.20. The van der Waals surface area contributed by atoms with Crippen molar-refractivity contribution in [3.8, 4) is 6.07 Å². The van der Waals surface area contributed by atoms with Gasteiger partial charge in [0.1, 0.15) is 17.5 Å². The number of carbonyl (C=O) groups excluding carboxylic acids is 1. The number of nitriles is 1. The molecule has 0 aliphatic rings. The van der Waals surface area contributed by atoms with E-state index in [9.17, 15) is 14.4 Å². The van der Waals surface area contributed by atoms with Crippen LogP contribution in [0.4, 0.5) is 4.39 Å². The molecule has 2 rings (SSSR count). The molecule has 0 N–H and O–H groups in total. The minimum atomic E-state index is -0.393. The Labute approximate surface area is 130 Å². The van der Waals surface area contributed by atoms with Crippen LogP contribution in [-0.4, -0.2) is 5.78 Å². The number of aryl methyl sites for hydroxylation is 1. The third-order valence-corrected chi connectivity index (χ3v) is 3.51. The van der Waals surface area contributed by atoms with Crippen molar-refractivity contribution in [3.05, 3.63) is 75.0 Å². The Kier molecular flexibility index (Phi) is 4.66. The molecule has 0 unspecified atom stereocenters. The second-order valence-corrected chi connectivity index (χ2v) is 5.40. The maximum Gasteiger partial charge on any atom is 0.203 e. The van der Waals surface area contributed by atoms with Crippen LogP contribution >= 0.6 is 15.9 Å². The van der Waals surface area contributed by atoms with E-state index in [1.807, 2.05) is 19.1 Å². The largest absolute Gasteiger partial charge is 0.288 e. The molecule has 0 radical (unpaired) electrons. The van der Waals surface area contributed by atoms with Crippen LogP contribution < -0.4 is 0 Å². The highest BCUT2D eigenvalue weighted by Gasteiger charge is 2.12. The fourth-order valence-corrected chi connectivity index (χ4v) is 2.26. The summed E-state index contributed by atoms with van der Waals surface area (Å²) < 4.78 is 13.5. The van der Waals surface area contributed by atoms with Crippen molar-refractivity contribution in [1.82, 2.24) is 0 Å². The molecule has 2 aromatic carbocycles. The molecule has 2 aromatic rings. The fourth-order valence-electron chi connectivity index (χ4n) is 1.86. The molecule has 0 saturated carbocycles. The van der Waals surface area contributed by atoms with Crippen LogP contribution in [0.3, 0.4) is 0 Å². The topological polar surface area (TPSA) is 40.9 Å². The van der Waals surface area contributed by atoms with Gasteiger partial charge in [0.05, 0.1) is 4.47 Å². The fraction of sp³-hybridized carbons (Fsp3) is 0.0588. The SMILES string of the molecule is Cc1cccc(C(=O)/C(C#N)=C/c2ccc(F)c(Br)c2)c1. The summed E-state index contributed by atoms with van der Waals surface area (Å²) in [7, 11) is 0. The maximum atomic E-state index is 13.2. The van der Waals surface area contributed by atoms with Crippen molar-refractivity contribution in [1.29, 1.82) is 5.26 Å². The number of Topliss-reactive ketones (excluding diaryl/α,β-unsaturated/α-hetero) is 1. The van der Waals surface area contributed by atoms with E-state index in [4.69, 9.17) is 0 Å². The molecular formula is C17H11BrFNO. The zero-order valence-electron chi connectivity index (χ0n) is 11.2. The molecule has 21 heavy (non-hydrogen) atoms. The minimum absolute atomic E-state index is 0.0131. The van der Waals surface area contributed by atoms with Gasteiger partial charge in [-0.15, -0.1) is 0 Å². The van der Waals surface area contributed by atoms with Gasteiger partial charge in [0.2, 0.25) is 5.78 Å². The monoisotopic (exact) mass is 343 g/mol. The van der Waals surface area contributed by atoms with Gasteiger partial charge >= 0.3 is 0 Å². The first kappa shape index (κ1) is 15.1.